The number of aryl methyl sites for hydroxylation is 1. The van der Waals surface area contributed by atoms with Crippen LogP contribution in [-0.4, -0.2) is 50.5 Å². The van der Waals surface area contributed by atoms with Gasteiger partial charge in [0.2, 0.25) is 10.0 Å². The van der Waals surface area contributed by atoms with E-state index in [0.717, 1.165) is 14.5 Å². The first-order valence-corrected chi connectivity index (χ1v) is 13.3. The lowest BCUT2D eigenvalue weighted by Crippen LogP contribution is -2.32. The van der Waals surface area contributed by atoms with Gasteiger partial charge in [-0.3, -0.25) is 4.79 Å². The van der Waals surface area contributed by atoms with Gasteiger partial charge < -0.3 is 14.0 Å². The zero-order chi connectivity index (χ0) is 26.3. The number of rotatable bonds is 10. The molecule has 3 aromatic rings. The van der Waals surface area contributed by atoms with Crippen LogP contribution in [0.5, 0.6) is 11.5 Å². The second-order valence-electron chi connectivity index (χ2n) is 7.44. The third-order valence-electron chi connectivity index (χ3n) is 5.39. The van der Waals surface area contributed by atoms with Crippen LogP contribution in [0.25, 0.3) is 10.2 Å². The molecule has 188 valence electrons. The van der Waals surface area contributed by atoms with E-state index in [9.17, 15) is 13.2 Å². The lowest BCUT2D eigenvalue weighted by atomic mass is 10.2. The lowest BCUT2D eigenvalue weighted by molar-refractivity contribution is 0.0997. The van der Waals surface area contributed by atoms with Crippen molar-refractivity contribution in [2.24, 2.45) is 4.99 Å². The number of nitrogens with zero attached hydrogens (tertiary/aromatic N) is 5. The minimum atomic E-state index is -3.93. The van der Waals surface area contributed by atoms with Crippen LogP contribution in [-0.2, 0) is 16.6 Å². The van der Waals surface area contributed by atoms with Crippen molar-refractivity contribution < 1.29 is 22.7 Å². The summed E-state index contributed by atoms with van der Waals surface area (Å²) in [7, 11) is -0.797. The normalized spacial score (nSPS) is 11.9. The van der Waals surface area contributed by atoms with Crippen LogP contribution >= 0.6 is 11.3 Å². The van der Waals surface area contributed by atoms with Crippen LogP contribution in [0.3, 0.4) is 0 Å². The minimum Gasteiger partial charge on any atom is -0.495 e. The van der Waals surface area contributed by atoms with Crippen LogP contribution in [0.1, 0.15) is 30.1 Å². The number of sulfonamides is 1. The summed E-state index contributed by atoms with van der Waals surface area (Å²) in [6.45, 7) is 2.42. The van der Waals surface area contributed by atoms with Crippen LogP contribution in [0.2, 0.25) is 0 Å². The summed E-state index contributed by atoms with van der Waals surface area (Å²) >= 11 is 1.29. The monoisotopic (exact) mass is 527 g/mol. The predicted molar refractivity (Wildman–Crippen MR) is 134 cm³/mol. The predicted octanol–water partition coefficient (Wildman–Crippen LogP) is 3.30. The molecule has 1 aromatic heterocycles. The minimum absolute atomic E-state index is 0.00226. The van der Waals surface area contributed by atoms with Gasteiger partial charge in [0.1, 0.15) is 21.7 Å². The highest BCUT2D eigenvalue weighted by Crippen LogP contribution is 2.35. The number of methoxy groups -OCH3 is 2. The second kappa shape index (κ2) is 11.8. The Balaban J connectivity index is 1.98. The quantitative estimate of drug-likeness (QED) is 0.394. The Morgan fingerprint density at radius 3 is 2.14 bits per heavy atom. The Labute approximate surface area is 213 Å². The first kappa shape index (κ1) is 26.9. The van der Waals surface area contributed by atoms with Gasteiger partial charge in [0.05, 0.1) is 31.3 Å². The maximum Gasteiger partial charge on any atom is 0.279 e. The van der Waals surface area contributed by atoms with Crippen molar-refractivity contribution in [3.8, 4) is 23.6 Å². The Morgan fingerprint density at radius 2 is 1.61 bits per heavy atom. The Kier molecular flexibility index (Phi) is 8.83. The number of hydrogen-bond donors (Lipinski definition) is 0. The number of ether oxygens (including phenoxy) is 2. The van der Waals surface area contributed by atoms with Gasteiger partial charge in [-0.15, -0.1) is 0 Å². The van der Waals surface area contributed by atoms with E-state index in [1.807, 2.05) is 23.6 Å². The fourth-order valence-corrected chi connectivity index (χ4v) is 6.25. The molecule has 0 fully saturated rings. The highest BCUT2D eigenvalue weighted by molar-refractivity contribution is 7.89. The number of fused-ring (bicyclic) bond motifs is 1. The molecule has 0 atom stereocenters. The Bertz CT molecular complexity index is 1490. The van der Waals surface area contributed by atoms with Crippen molar-refractivity contribution in [1.82, 2.24) is 8.87 Å². The maximum atomic E-state index is 13.0. The molecule has 1 amide bonds. The lowest BCUT2D eigenvalue weighted by Gasteiger charge is -2.20. The SMILES string of the molecule is CCn1c(=NC(=O)c2ccc(S(=O)(=O)N(CCC#N)CCC#N)cc2)sc2c(OC)ccc(OC)c21. The van der Waals surface area contributed by atoms with E-state index < -0.39 is 15.9 Å². The van der Waals surface area contributed by atoms with Gasteiger partial charge in [-0.25, -0.2) is 8.42 Å². The van der Waals surface area contributed by atoms with Crippen LogP contribution in [0, 0.1) is 22.7 Å². The summed E-state index contributed by atoms with van der Waals surface area (Å²) < 4.78 is 40.7. The van der Waals surface area contributed by atoms with Crippen molar-refractivity contribution >= 4 is 37.5 Å². The summed E-state index contributed by atoms with van der Waals surface area (Å²) in [5, 5.41) is 17.7. The van der Waals surface area contributed by atoms with Crippen molar-refractivity contribution in [2.75, 3.05) is 27.3 Å². The molecule has 1 heterocycles. The molecule has 0 radical (unpaired) electrons. The number of carbonyl (C=O) groups is 1. The molecule has 10 nitrogen and oxygen atoms in total. The molecule has 0 aliphatic carbocycles. The standard InChI is InChI=1S/C24H25N5O5S2/c1-4-29-21-19(33-2)11-12-20(34-3)22(21)35-24(29)27-23(30)17-7-9-18(10-8-17)36(31,32)28(15-5-13-25)16-6-14-26/h7-12H,4-6,15-16H2,1-3H3. The van der Waals surface area contributed by atoms with E-state index in [1.165, 1.54) is 35.6 Å². The fraction of sp³-hybridized carbons (Fsp3) is 0.333. The zero-order valence-corrected chi connectivity index (χ0v) is 21.7. The van der Waals surface area contributed by atoms with E-state index in [4.69, 9.17) is 20.0 Å². The zero-order valence-electron chi connectivity index (χ0n) is 20.1. The van der Waals surface area contributed by atoms with Gasteiger partial charge in [-0.2, -0.15) is 19.8 Å². The van der Waals surface area contributed by atoms with Gasteiger partial charge in [-0.05, 0) is 43.3 Å². The molecule has 0 saturated carbocycles. The number of aromatic nitrogens is 1. The largest absolute Gasteiger partial charge is 0.495 e. The summed E-state index contributed by atoms with van der Waals surface area (Å²) in [5.41, 5.74) is 0.987. The molecule has 36 heavy (non-hydrogen) atoms. The highest BCUT2D eigenvalue weighted by Gasteiger charge is 2.24. The van der Waals surface area contributed by atoms with Crippen molar-refractivity contribution in [3.05, 3.63) is 46.8 Å². The van der Waals surface area contributed by atoms with Crippen molar-refractivity contribution in [1.29, 1.82) is 10.5 Å². The molecule has 0 bridgehead atoms. The van der Waals surface area contributed by atoms with Gasteiger partial charge in [0.25, 0.3) is 5.91 Å². The summed E-state index contributed by atoms with van der Waals surface area (Å²) in [4.78, 5) is 17.7. The van der Waals surface area contributed by atoms with Gasteiger partial charge >= 0.3 is 0 Å². The molecule has 0 saturated heterocycles. The molecule has 0 N–H and O–H groups in total. The highest BCUT2D eigenvalue weighted by atomic mass is 32.2. The number of nitriles is 2. The smallest absolute Gasteiger partial charge is 0.279 e. The van der Waals surface area contributed by atoms with Crippen LogP contribution in [0.15, 0.2) is 46.3 Å². The first-order chi connectivity index (χ1) is 17.3. The molecular formula is C24H25N5O5S2. The average molecular weight is 528 g/mol. The summed E-state index contributed by atoms with van der Waals surface area (Å²) in [6.07, 6.45) is 0.00451. The first-order valence-electron chi connectivity index (χ1n) is 11.0. The summed E-state index contributed by atoms with van der Waals surface area (Å²) in [5.74, 6) is 0.736. The molecule has 0 unspecified atom stereocenters. The molecule has 3 rings (SSSR count). The molecule has 0 spiro atoms. The maximum absolute atomic E-state index is 13.0. The Morgan fingerprint density at radius 1 is 1.03 bits per heavy atom. The number of hydrogen-bond acceptors (Lipinski definition) is 8. The number of carbonyl (C=O) groups excluding carboxylic acids is 1. The number of thiazole rings is 1. The van der Waals surface area contributed by atoms with Crippen molar-refractivity contribution in [3.63, 3.8) is 0 Å². The van der Waals surface area contributed by atoms with Gasteiger partial charge in [-0.1, -0.05) is 11.3 Å². The van der Waals surface area contributed by atoms with Gasteiger partial charge in [0.15, 0.2) is 4.80 Å². The molecule has 0 aliphatic heterocycles. The van der Waals surface area contributed by atoms with E-state index in [0.29, 0.717) is 22.8 Å². The number of benzene rings is 2. The second-order valence-corrected chi connectivity index (χ2v) is 10.4. The number of amides is 1. The molecular weight excluding hydrogens is 502 g/mol. The molecule has 0 aliphatic rings. The molecule has 12 heteroatoms. The van der Waals surface area contributed by atoms with E-state index in [1.54, 1.807) is 26.4 Å². The third-order valence-corrected chi connectivity index (χ3v) is 8.40. The van der Waals surface area contributed by atoms with E-state index in [-0.39, 0.29) is 36.4 Å². The van der Waals surface area contributed by atoms with E-state index in [2.05, 4.69) is 4.99 Å². The Hall–Kier alpha value is -3.71. The van der Waals surface area contributed by atoms with Crippen LogP contribution in [0.4, 0.5) is 0 Å². The fourth-order valence-electron chi connectivity index (χ4n) is 3.60. The van der Waals surface area contributed by atoms with Crippen LogP contribution < -0.4 is 14.3 Å². The molecule has 2 aromatic carbocycles. The average Bonchev–Trinajstić information content (AvgIpc) is 3.26. The van der Waals surface area contributed by atoms with Crippen molar-refractivity contribution in [2.45, 2.75) is 31.2 Å². The topological polar surface area (TPSA) is 138 Å². The van der Waals surface area contributed by atoms with E-state index >= 15 is 0 Å². The third kappa shape index (κ3) is 5.41. The van der Waals surface area contributed by atoms with Gasteiger partial charge in [0, 0.05) is 38.0 Å². The summed E-state index contributed by atoms with van der Waals surface area (Å²) in [6, 6.07) is 12.9.